The topological polar surface area (TPSA) is 80.3 Å². The fourth-order valence-electron chi connectivity index (χ4n) is 3.58. The number of unbranched alkanes of at least 4 members (excludes halogenated alkanes) is 10. The standard InChI is InChI=1S/C20H36O4.2C3H7.Sn/c1-3-5-7-9-11-13-15-17(19(21)22)18(20(23)24)16-14-12-10-8-6-4-2;2*1-3-2;/h3-16H2,1-2H3,(H,21,22)(H,23,24);2*3H,1-2H3;/q;;;+2/p-2/b18-17-;;;. The van der Waals surface area contributed by atoms with Crippen LogP contribution in [0.25, 0.3) is 0 Å². The van der Waals surface area contributed by atoms with E-state index in [4.69, 9.17) is 0 Å². The SMILES string of the molecule is CCCCCCCC/C(C(=O)[O-])=C(\CCCCCCCC)C(=O)[O-].C[CH](C)[Sn+2][CH](C)C. The van der Waals surface area contributed by atoms with Gasteiger partial charge in [0.25, 0.3) is 0 Å². The van der Waals surface area contributed by atoms with E-state index in [0.717, 1.165) is 59.2 Å². The van der Waals surface area contributed by atoms with Crippen molar-refractivity contribution in [2.45, 2.75) is 139 Å². The van der Waals surface area contributed by atoms with Crippen LogP contribution in [-0.4, -0.2) is 33.1 Å². The molecule has 0 N–H and O–H groups in total. The number of aliphatic carboxylic acids is 2. The molecule has 0 radical (unpaired) electrons. The van der Waals surface area contributed by atoms with Gasteiger partial charge in [-0.1, -0.05) is 78.1 Å². The van der Waals surface area contributed by atoms with Crippen LogP contribution >= 0.6 is 0 Å². The van der Waals surface area contributed by atoms with Crippen LogP contribution in [0.1, 0.15) is 131 Å². The Labute approximate surface area is 202 Å². The van der Waals surface area contributed by atoms with Gasteiger partial charge in [-0.3, -0.25) is 0 Å². The molecule has 0 heterocycles. The summed E-state index contributed by atoms with van der Waals surface area (Å²) in [5, 5.41) is 22.7. The van der Waals surface area contributed by atoms with Crippen molar-refractivity contribution in [3.63, 3.8) is 0 Å². The number of hydrogen-bond acceptors (Lipinski definition) is 4. The van der Waals surface area contributed by atoms with Gasteiger partial charge < -0.3 is 19.8 Å². The molecule has 0 saturated heterocycles. The van der Waals surface area contributed by atoms with Crippen LogP contribution in [0.2, 0.25) is 7.87 Å². The third kappa shape index (κ3) is 22.5. The van der Waals surface area contributed by atoms with Crippen molar-refractivity contribution >= 4 is 33.1 Å². The second-order valence-electron chi connectivity index (χ2n) is 9.04. The molecular formula is C26H48O4Sn. The van der Waals surface area contributed by atoms with E-state index in [1.807, 2.05) is 0 Å². The Hall–Kier alpha value is -0.521. The molecule has 5 heteroatoms. The van der Waals surface area contributed by atoms with E-state index in [1.54, 1.807) is 0 Å². The van der Waals surface area contributed by atoms with Crippen LogP contribution in [0.15, 0.2) is 11.1 Å². The van der Waals surface area contributed by atoms with Gasteiger partial charge in [0.2, 0.25) is 0 Å². The average molecular weight is 543 g/mol. The van der Waals surface area contributed by atoms with Gasteiger partial charge in [-0.15, -0.1) is 0 Å². The molecule has 0 bridgehead atoms. The van der Waals surface area contributed by atoms with E-state index < -0.39 is 11.9 Å². The minimum absolute atomic E-state index is 0.0389. The maximum absolute atomic E-state index is 11.3. The van der Waals surface area contributed by atoms with Crippen molar-refractivity contribution in [3.05, 3.63) is 11.1 Å². The summed E-state index contributed by atoms with van der Waals surface area (Å²) < 4.78 is 2.09. The van der Waals surface area contributed by atoms with Gasteiger partial charge >= 0.3 is 56.7 Å². The Kier molecular flexibility index (Phi) is 23.9. The van der Waals surface area contributed by atoms with Crippen molar-refractivity contribution in [2.75, 3.05) is 0 Å². The summed E-state index contributed by atoms with van der Waals surface area (Å²) in [6.45, 7) is 13.6. The number of carboxylic acids is 2. The van der Waals surface area contributed by atoms with Crippen LogP contribution < -0.4 is 10.2 Å². The summed E-state index contributed by atoms with van der Waals surface area (Å²) in [7, 11) is 0. The zero-order valence-corrected chi connectivity index (χ0v) is 24.0. The summed E-state index contributed by atoms with van der Waals surface area (Å²) in [4.78, 5) is 22.7. The second-order valence-corrected chi connectivity index (χ2v) is 16.6. The van der Waals surface area contributed by atoms with Crippen molar-refractivity contribution in [1.82, 2.24) is 0 Å². The Morgan fingerprint density at radius 2 is 0.871 bits per heavy atom. The van der Waals surface area contributed by atoms with E-state index in [-0.39, 0.29) is 45.1 Å². The molecule has 0 aromatic carbocycles. The molecule has 0 spiro atoms. The molecule has 0 aliphatic heterocycles. The molecule has 31 heavy (non-hydrogen) atoms. The fraction of sp³-hybridized carbons (Fsp3) is 0.846. The van der Waals surface area contributed by atoms with Gasteiger partial charge in [0, 0.05) is 0 Å². The molecule has 0 atom stereocenters. The van der Waals surface area contributed by atoms with Crippen LogP contribution in [0.4, 0.5) is 0 Å². The van der Waals surface area contributed by atoms with Gasteiger partial charge in [0.05, 0.1) is 11.9 Å². The third-order valence-electron chi connectivity index (χ3n) is 5.08. The summed E-state index contributed by atoms with van der Waals surface area (Å²) in [5.41, 5.74) is -0.113. The van der Waals surface area contributed by atoms with Gasteiger partial charge in [-0.25, -0.2) is 0 Å². The molecule has 180 valence electrons. The van der Waals surface area contributed by atoms with Gasteiger partial charge in [-0.05, 0) is 36.8 Å². The summed E-state index contributed by atoms with van der Waals surface area (Å²) >= 11 is 0.0389. The van der Waals surface area contributed by atoms with Crippen molar-refractivity contribution in [1.29, 1.82) is 0 Å². The van der Waals surface area contributed by atoms with Crippen LogP contribution in [0, 0.1) is 0 Å². The number of carbonyl (C=O) groups is 2. The average Bonchev–Trinajstić information content (AvgIpc) is 2.66. The first kappa shape index (κ1) is 32.7. The summed E-state index contributed by atoms with van der Waals surface area (Å²) in [6.07, 6.45) is 12.9. The molecule has 0 rings (SSSR count). The van der Waals surface area contributed by atoms with E-state index in [2.05, 4.69) is 41.5 Å². The minimum atomic E-state index is -1.35. The first-order chi connectivity index (χ1) is 14.7. The zero-order chi connectivity index (χ0) is 24.1. The summed E-state index contributed by atoms with van der Waals surface area (Å²) in [5.74, 6) is -2.71. The second kappa shape index (κ2) is 22.7. The first-order valence-electron chi connectivity index (χ1n) is 12.6. The zero-order valence-electron chi connectivity index (χ0n) is 21.2. The monoisotopic (exact) mass is 544 g/mol. The third-order valence-corrected chi connectivity index (χ3v) is 8.89. The molecule has 0 aromatic rings. The molecule has 0 aliphatic rings. The van der Waals surface area contributed by atoms with E-state index in [1.165, 1.54) is 12.8 Å². The van der Waals surface area contributed by atoms with Crippen molar-refractivity contribution in [2.24, 2.45) is 0 Å². The Balaban J connectivity index is 0. The molecule has 0 amide bonds. The van der Waals surface area contributed by atoms with Crippen LogP contribution in [-0.2, 0) is 9.59 Å². The summed E-state index contributed by atoms with van der Waals surface area (Å²) in [6, 6.07) is 0. The quantitative estimate of drug-likeness (QED) is 0.128. The van der Waals surface area contributed by atoms with E-state index in [0.29, 0.717) is 12.8 Å². The Morgan fingerprint density at radius 1 is 0.581 bits per heavy atom. The van der Waals surface area contributed by atoms with Gasteiger partial charge in [0.15, 0.2) is 0 Å². The number of hydrogen-bond donors (Lipinski definition) is 0. The van der Waals surface area contributed by atoms with E-state index >= 15 is 0 Å². The predicted octanol–water partition coefficient (Wildman–Crippen LogP) is 5.63. The normalized spacial score (nSPS) is 11.6. The molecule has 0 aliphatic carbocycles. The van der Waals surface area contributed by atoms with Gasteiger partial charge in [-0.2, -0.15) is 0 Å². The first-order valence-corrected chi connectivity index (χ1v) is 15.9. The van der Waals surface area contributed by atoms with E-state index in [9.17, 15) is 19.8 Å². The molecule has 0 aromatic heterocycles. The number of carboxylic acid groups (broad SMARTS) is 2. The van der Waals surface area contributed by atoms with Crippen LogP contribution in [0.3, 0.4) is 0 Å². The molecule has 0 fully saturated rings. The van der Waals surface area contributed by atoms with Crippen LogP contribution in [0.5, 0.6) is 0 Å². The Morgan fingerprint density at radius 3 is 1.10 bits per heavy atom. The molecule has 4 nitrogen and oxygen atoms in total. The molecule has 0 saturated carbocycles. The molecule has 0 unspecified atom stereocenters. The number of rotatable bonds is 18. The number of carbonyl (C=O) groups excluding carboxylic acids is 2. The molecular weight excluding hydrogens is 495 g/mol. The predicted molar refractivity (Wildman–Crippen MR) is 129 cm³/mol. The maximum atomic E-state index is 11.3. The van der Waals surface area contributed by atoms with Gasteiger partial charge in [0.1, 0.15) is 0 Å². The Bertz CT molecular complexity index is 442. The van der Waals surface area contributed by atoms with Crippen molar-refractivity contribution in [3.8, 4) is 0 Å². The fourth-order valence-corrected chi connectivity index (χ4v) is 7.39. The van der Waals surface area contributed by atoms with Crippen molar-refractivity contribution < 1.29 is 19.8 Å².